The molecule has 1 saturated heterocycles. The number of H-pyrrole nitrogens is 1. The molecule has 1 amide bonds. The first kappa shape index (κ1) is 13.6. The minimum atomic E-state index is -0.541. The van der Waals surface area contributed by atoms with Crippen LogP contribution in [-0.2, 0) is 4.74 Å². The van der Waals surface area contributed by atoms with Gasteiger partial charge in [-0.2, -0.15) is 0 Å². The van der Waals surface area contributed by atoms with Gasteiger partial charge in [-0.1, -0.05) is 6.07 Å². The van der Waals surface area contributed by atoms with Crippen LogP contribution >= 0.6 is 0 Å². The number of para-hydroxylation sites is 1. The molecule has 4 rings (SSSR count). The molecular weight excluding hydrogens is 284 g/mol. The van der Waals surface area contributed by atoms with E-state index in [1.54, 1.807) is 18.2 Å². The van der Waals surface area contributed by atoms with E-state index < -0.39 is 5.76 Å². The normalized spacial score (nSPS) is 23.7. The Kier molecular flexibility index (Phi) is 2.91. The Bertz CT molecular complexity index is 787. The number of hydrogen-bond donors (Lipinski definition) is 1. The maximum absolute atomic E-state index is 12.9. The molecule has 1 atom stereocenters. The van der Waals surface area contributed by atoms with Crippen LogP contribution in [0.1, 0.15) is 36.5 Å². The lowest BCUT2D eigenvalue weighted by Gasteiger charge is -2.50. The summed E-state index contributed by atoms with van der Waals surface area (Å²) in [5.41, 5.74) is 1.15. The molecule has 1 N–H and O–H groups in total. The van der Waals surface area contributed by atoms with Crippen molar-refractivity contribution in [1.29, 1.82) is 0 Å². The van der Waals surface area contributed by atoms with Crippen LogP contribution in [0.25, 0.3) is 11.1 Å². The summed E-state index contributed by atoms with van der Waals surface area (Å²) >= 11 is 0. The molecule has 1 saturated carbocycles. The molecule has 0 unspecified atom stereocenters. The third-order valence-corrected chi connectivity index (χ3v) is 4.64. The van der Waals surface area contributed by atoms with Gasteiger partial charge in [0.05, 0.1) is 29.3 Å². The van der Waals surface area contributed by atoms with Crippen molar-refractivity contribution in [2.45, 2.75) is 37.9 Å². The number of aromatic nitrogens is 1. The fourth-order valence-electron chi connectivity index (χ4n) is 3.54. The van der Waals surface area contributed by atoms with E-state index in [2.05, 4.69) is 4.98 Å². The zero-order valence-corrected chi connectivity index (χ0v) is 12.4. The monoisotopic (exact) mass is 302 g/mol. The van der Waals surface area contributed by atoms with Gasteiger partial charge in [-0.05, 0) is 38.3 Å². The number of ether oxygens (including phenoxy) is 1. The summed E-state index contributed by atoms with van der Waals surface area (Å²) in [5.74, 6) is -0.643. The molecule has 1 aromatic heterocycles. The Labute approximate surface area is 127 Å². The van der Waals surface area contributed by atoms with Gasteiger partial charge in [0.25, 0.3) is 5.91 Å². The number of aromatic amines is 1. The molecule has 2 aliphatic rings. The van der Waals surface area contributed by atoms with Crippen molar-refractivity contribution >= 4 is 17.0 Å². The van der Waals surface area contributed by atoms with Crippen LogP contribution in [-0.4, -0.2) is 40.6 Å². The quantitative estimate of drug-likeness (QED) is 0.873. The molecule has 116 valence electrons. The molecule has 2 heterocycles. The van der Waals surface area contributed by atoms with Crippen molar-refractivity contribution in [3.63, 3.8) is 0 Å². The second kappa shape index (κ2) is 4.71. The van der Waals surface area contributed by atoms with Gasteiger partial charge in [-0.3, -0.25) is 9.78 Å². The lowest BCUT2D eigenvalue weighted by molar-refractivity contribution is -0.176. The summed E-state index contributed by atoms with van der Waals surface area (Å²) in [5, 5.41) is 0. The second-order valence-corrected chi connectivity index (χ2v) is 6.35. The third-order valence-electron chi connectivity index (χ3n) is 4.64. The number of fused-ring (bicyclic) bond motifs is 1. The number of carbonyl (C=O) groups excluding carboxylic acids is 1. The zero-order valence-electron chi connectivity index (χ0n) is 12.4. The van der Waals surface area contributed by atoms with Crippen LogP contribution in [0.4, 0.5) is 0 Å². The summed E-state index contributed by atoms with van der Waals surface area (Å²) < 4.78 is 11.2. The van der Waals surface area contributed by atoms with Crippen LogP contribution in [0.3, 0.4) is 0 Å². The highest BCUT2D eigenvalue weighted by Crippen LogP contribution is 2.40. The van der Waals surface area contributed by atoms with Gasteiger partial charge in [0.1, 0.15) is 0 Å². The molecule has 6 heteroatoms. The number of carbonyl (C=O) groups is 1. The van der Waals surface area contributed by atoms with Crippen LogP contribution in [0.5, 0.6) is 0 Å². The Balaban J connectivity index is 1.69. The number of hydrogen-bond acceptors (Lipinski definition) is 4. The largest absolute Gasteiger partial charge is 0.417 e. The Morgan fingerprint density at radius 3 is 2.95 bits per heavy atom. The van der Waals surface area contributed by atoms with Crippen molar-refractivity contribution < 1.29 is 13.9 Å². The summed E-state index contributed by atoms with van der Waals surface area (Å²) in [6, 6.07) is 5.19. The van der Waals surface area contributed by atoms with E-state index >= 15 is 0 Å². The third kappa shape index (κ3) is 2.06. The molecule has 1 aliphatic heterocycles. The van der Waals surface area contributed by atoms with Crippen LogP contribution < -0.4 is 5.76 Å². The maximum Gasteiger partial charge on any atom is 0.417 e. The molecular formula is C16H18N2O4. The van der Waals surface area contributed by atoms with Crippen molar-refractivity contribution in [2.24, 2.45) is 0 Å². The summed E-state index contributed by atoms with van der Waals surface area (Å²) in [6.07, 6.45) is 3.18. The van der Waals surface area contributed by atoms with Crippen LogP contribution in [0, 0.1) is 0 Å². The number of oxazole rings is 1. The number of benzene rings is 1. The van der Waals surface area contributed by atoms with Gasteiger partial charge < -0.3 is 14.1 Å². The number of amides is 1. The van der Waals surface area contributed by atoms with Gasteiger partial charge in [0.15, 0.2) is 5.58 Å². The predicted molar refractivity (Wildman–Crippen MR) is 79.9 cm³/mol. The fourth-order valence-corrected chi connectivity index (χ4v) is 3.54. The number of nitrogens with zero attached hydrogens (tertiary/aromatic N) is 1. The summed E-state index contributed by atoms with van der Waals surface area (Å²) in [7, 11) is 0. The molecule has 0 bridgehead atoms. The van der Waals surface area contributed by atoms with Crippen LogP contribution in [0.15, 0.2) is 27.4 Å². The Morgan fingerprint density at radius 1 is 1.41 bits per heavy atom. The molecule has 2 fully saturated rings. The van der Waals surface area contributed by atoms with E-state index in [-0.39, 0.29) is 17.6 Å². The van der Waals surface area contributed by atoms with E-state index in [9.17, 15) is 9.59 Å². The van der Waals surface area contributed by atoms with E-state index in [1.807, 2.05) is 11.8 Å². The zero-order chi connectivity index (χ0) is 15.3. The minimum Gasteiger partial charge on any atom is -0.407 e. The summed E-state index contributed by atoms with van der Waals surface area (Å²) in [4.78, 5) is 28.7. The van der Waals surface area contributed by atoms with Gasteiger partial charge in [0.2, 0.25) is 0 Å². The molecule has 1 spiro atoms. The number of nitrogens with one attached hydrogen (secondary N) is 1. The standard InChI is InChI=1S/C16H18N2O4/c1-10-8-18(9-16(22-10)6-3-7-16)14(19)11-4-2-5-12-13(11)21-15(20)17-12/h2,4-5,10H,3,6-9H2,1H3,(H,17,20)/t10-/m0/s1. The first-order chi connectivity index (χ1) is 10.6. The molecule has 22 heavy (non-hydrogen) atoms. The van der Waals surface area contributed by atoms with E-state index in [1.165, 1.54) is 0 Å². The first-order valence-corrected chi connectivity index (χ1v) is 7.65. The highest BCUT2D eigenvalue weighted by Gasteiger charge is 2.45. The smallest absolute Gasteiger partial charge is 0.407 e. The first-order valence-electron chi connectivity index (χ1n) is 7.65. The van der Waals surface area contributed by atoms with Gasteiger partial charge in [-0.15, -0.1) is 0 Å². The molecule has 1 aromatic carbocycles. The van der Waals surface area contributed by atoms with Gasteiger partial charge in [-0.25, -0.2) is 4.79 Å². The maximum atomic E-state index is 12.9. The number of rotatable bonds is 1. The highest BCUT2D eigenvalue weighted by atomic mass is 16.5. The Morgan fingerprint density at radius 2 is 2.23 bits per heavy atom. The van der Waals surface area contributed by atoms with Crippen molar-refractivity contribution in [1.82, 2.24) is 9.88 Å². The second-order valence-electron chi connectivity index (χ2n) is 6.35. The van der Waals surface area contributed by atoms with E-state index in [0.29, 0.717) is 29.8 Å². The van der Waals surface area contributed by atoms with E-state index in [4.69, 9.17) is 9.15 Å². The molecule has 0 radical (unpaired) electrons. The van der Waals surface area contributed by atoms with Gasteiger partial charge in [0, 0.05) is 6.54 Å². The average Bonchev–Trinajstić information content (AvgIpc) is 2.84. The SMILES string of the molecule is C[C@H]1CN(C(=O)c2cccc3[nH]c(=O)oc23)CC2(CCC2)O1. The molecule has 6 nitrogen and oxygen atoms in total. The highest BCUT2D eigenvalue weighted by molar-refractivity contribution is 6.04. The fraction of sp³-hybridized carbons (Fsp3) is 0.500. The van der Waals surface area contributed by atoms with Gasteiger partial charge >= 0.3 is 5.76 Å². The van der Waals surface area contributed by atoms with Crippen molar-refractivity contribution in [3.8, 4) is 0 Å². The van der Waals surface area contributed by atoms with E-state index in [0.717, 1.165) is 19.3 Å². The van der Waals surface area contributed by atoms with Crippen LogP contribution in [0.2, 0.25) is 0 Å². The molecule has 2 aromatic rings. The average molecular weight is 302 g/mol. The minimum absolute atomic E-state index is 0.0236. The Hall–Kier alpha value is -2.08. The lowest BCUT2D eigenvalue weighted by atomic mass is 9.78. The molecule has 1 aliphatic carbocycles. The topological polar surface area (TPSA) is 75.5 Å². The number of morpholine rings is 1. The summed E-state index contributed by atoms with van der Waals surface area (Å²) in [6.45, 7) is 3.17. The predicted octanol–water partition coefficient (Wildman–Crippen LogP) is 1.90. The van der Waals surface area contributed by atoms with Crippen molar-refractivity contribution in [2.75, 3.05) is 13.1 Å². The van der Waals surface area contributed by atoms with Crippen molar-refractivity contribution in [3.05, 3.63) is 34.3 Å². The lowest BCUT2D eigenvalue weighted by Crippen LogP contribution is -2.59.